The highest BCUT2D eigenvalue weighted by Crippen LogP contribution is 2.41. The fourth-order valence-electron chi connectivity index (χ4n) is 7.16. The summed E-state index contributed by atoms with van der Waals surface area (Å²) < 4.78 is 11.1. The summed E-state index contributed by atoms with van der Waals surface area (Å²) in [6.07, 6.45) is 5.56. The van der Waals surface area contributed by atoms with Crippen molar-refractivity contribution in [1.82, 2.24) is 9.13 Å². The summed E-state index contributed by atoms with van der Waals surface area (Å²) >= 11 is 0. The second-order valence-corrected chi connectivity index (χ2v) is 11.7. The van der Waals surface area contributed by atoms with Crippen molar-refractivity contribution in [3.05, 3.63) is 126 Å². The van der Waals surface area contributed by atoms with Crippen molar-refractivity contribution < 1.29 is 4.42 Å². The fourth-order valence-corrected chi connectivity index (χ4v) is 7.16. The molecule has 44 heavy (non-hydrogen) atoms. The molecule has 1 aliphatic rings. The average molecular weight is 565 g/mol. The largest absolute Gasteiger partial charge is 0.454 e. The first kappa shape index (κ1) is 24.5. The number of rotatable bonds is 2. The number of benzene rings is 5. The minimum Gasteiger partial charge on any atom is -0.454 e. The number of fused-ring (bicyclic) bond motifs is 9. The van der Waals surface area contributed by atoms with Crippen molar-refractivity contribution in [3.63, 3.8) is 0 Å². The maximum atomic E-state index is 10.2. The van der Waals surface area contributed by atoms with Crippen LogP contribution in [0.4, 0.5) is 0 Å². The van der Waals surface area contributed by atoms with Gasteiger partial charge in [0.1, 0.15) is 5.58 Å². The zero-order valence-corrected chi connectivity index (χ0v) is 23.9. The summed E-state index contributed by atoms with van der Waals surface area (Å²) in [7, 11) is 0. The smallest absolute Gasteiger partial charge is 0.159 e. The number of allylic oxidation sites excluding steroid dienone is 1. The molecule has 0 spiro atoms. The van der Waals surface area contributed by atoms with Crippen LogP contribution in [-0.4, -0.2) is 9.13 Å². The highest BCUT2D eigenvalue weighted by atomic mass is 16.3. The van der Waals surface area contributed by atoms with E-state index in [0.29, 0.717) is 17.0 Å². The first-order chi connectivity index (χ1) is 21.6. The normalized spacial score (nSPS) is 14.5. The molecule has 1 aliphatic carbocycles. The summed E-state index contributed by atoms with van der Waals surface area (Å²) in [6.45, 7) is 2.26. The van der Waals surface area contributed by atoms with Crippen LogP contribution in [0.15, 0.2) is 108 Å². The predicted molar refractivity (Wildman–Crippen MR) is 176 cm³/mol. The van der Waals surface area contributed by atoms with Crippen LogP contribution in [0.25, 0.3) is 72.1 Å². The van der Waals surface area contributed by atoms with Gasteiger partial charge in [-0.3, -0.25) is 0 Å². The number of hydrogen-bond acceptors (Lipinski definition) is 3. The molecule has 1 unspecified atom stereocenters. The van der Waals surface area contributed by atoms with Gasteiger partial charge in [0.15, 0.2) is 5.58 Å². The van der Waals surface area contributed by atoms with E-state index < -0.39 is 0 Å². The lowest BCUT2D eigenvalue weighted by molar-refractivity contribution is 0.666. The molecule has 0 radical (unpaired) electrons. The van der Waals surface area contributed by atoms with E-state index in [4.69, 9.17) is 4.42 Å². The van der Waals surface area contributed by atoms with Crippen LogP contribution in [0.1, 0.15) is 29.3 Å². The molecule has 1 atom stereocenters. The monoisotopic (exact) mass is 564 g/mol. The summed E-state index contributed by atoms with van der Waals surface area (Å²) in [4.78, 5) is 0. The van der Waals surface area contributed by atoms with E-state index in [1.54, 1.807) is 0 Å². The molecule has 0 amide bonds. The van der Waals surface area contributed by atoms with Gasteiger partial charge in [0, 0.05) is 38.3 Å². The van der Waals surface area contributed by atoms with Gasteiger partial charge in [0.05, 0.1) is 45.5 Å². The van der Waals surface area contributed by atoms with Gasteiger partial charge >= 0.3 is 0 Å². The van der Waals surface area contributed by atoms with Gasteiger partial charge in [0.2, 0.25) is 0 Å². The van der Waals surface area contributed by atoms with Gasteiger partial charge in [0.25, 0.3) is 0 Å². The minimum absolute atomic E-state index is 0.497. The van der Waals surface area contributed by atoms with Crippen LogP contribution < -0.4 is 0 Å². The summed E-state index contributed by atoms with van der Waals surface area (Å²) in [6, 6.07) is 37.4. The molecule has 0 saturated heterocycles. The van der Waals surface area contributed by atoms with Gasteiger partial charge in [-0.2, -0.15) is 10.5 Å². The Labute approximate surface area is 252 Å². The van der Waals surface area contributed by atoms with E-state index in [1.807, 2.05) is 48.5 Å². The van der Waals surface area contributed by atoms with Crippen LogP contribution in [-0.2, 0) is 6.42 Å². The van der Waals surface area contributed by atoms with Crippen LogP contribution in [0.3, 0.4) is 0 Å². The third-order valence-corrected chi connectivity index (χ3v) is 9.09. The topological polar surface area (TPSA) is 70.6 Å². The Morgan fingerprint density at radius 2 is 1.41 bits per heavy atom. The van der Waals surface area contributed by atoms with E-state index in [0.717, 1.165) is 61.5 Å². The Morgan fingerprint density at radius 3 is 2.23 bits per heavy atom. The summed E-state index contributed by atoms with van der Waals surface area (Å²) in [5.74, 6) is 0.497. The van der Waals surface area contributed by atoms with Crippen molar-refractivity contribution in [2.45, 2.75) is 13.3 Å². The van der Waals surface area contributed by atoms with E-state index >= 15 is 0 Å². The average Bonchev–Trinajstić information content (AvgIpc) is 3.71. The molecule has 9 rings (SSSR count). The molecule has 5 heteroatoms. The molecular formula is C39H24N4O. The standard InChI is InChI=1S/C39H24N4O/c1-23-10-13-35-29(16-23)27-6-2-4-8-33(27)42(35)26-12-15-38-31(20-26)32-18-25(22-41)19-37(39(32)44-38)43-34-9-5-3-7-28(34)30-17-24(21-40)11-14-36(30)43/h2-15,17-20,23H,16H2,1H3. The van der Waals surface area contributed by atoms with E-state index in [-0.39, 0.29) is 0 Å². The molecular weight excluding hydrogens is 540 g/mol. The van der Waals surface area contributed by atoms with Gasteiger partial charge in [-0.1, -0.05) is 49.4 Å². The van der Waals surface area contributed by atoms with Gasteiger partial charge < -0.3 is 13.6 Å². The third kappa shape index (κ3) is 3.33. The second kappa shape index (κ2) is 8.98. The second-order valence-electron chi connectivity index (χ2n) is 11.7. The zero-order valence-electron chi connectivity index (χ0n) is 23.9. The molecule has 5 nitrogen and oxygen atoms in total. The van der Waals surface area contributed by atoms with Crippen molar-refractivity contribution in [3.8, 4) is 23.5 Å². The molecule has 8 aromatic rings. The van der Waals surface area contributed by atoms with E-state index in [9.17, 15) is 10.5 Å². The lowest BCUT2D eigenvalue weighted by Crippen LogP contribution is -2.05. The van der Waals surface area contributed by atoms with Gasteiger partial charge in [-0.15, -0.1) is 0 Å². The number of para-hydroxylation sites is 2. The number of aromatic nitrogens is 2. The quantitative estimate of drug-likeness (QED) is 0.210. The number of hydrogen-bond donors (Lipinski definition) is 0. The molecule has 5 aromatic carbocycles. The van der Waals surface area contributed by atoms with Crippen LogP contribution in [0.5, 0.6) is 0 Å². The Kier molecular flexibility index (Phi) is 5.01. The lowest BCUT2D eigenvalue weighted by Gasteiger charge is -2.15. The number of nitrogens with zero attached hydrogens (tertiary/aromatic N) is 4. The van der Waals surface area contributed by atoms with Crippen LogP contribution in [0.2, 0.25) is 0 Å². The SMILES string of the molecule is CC1C=Cc2c(c3ccccc3n2-c2ccc3oc4c(-n5c6ccccc6c6cc(C#N)ccc65)cc(C#N)cc4c3c2)C1. The summed E-state index contributed by atoms with van der Waals surface area (Å²) in [5.41, 5.74) is 10.2. The third-order valence-electron chi connectivity index (χ3n) is 9.09. The maximum Gasteiger partial charge on any atom is 0.159 e. The van der Waals surface area contributed by atoms with Gasteiger partial charge in [-0.05, 0) is 84.6 Å². The van der Waals surface area contributed by atoms with E-state index in [2.05, 4.69) is 88.9 Å². The Hall–Kier alpha value is -6.04. The molecule has 3 heterocycles. The van der Waals surface area contributed by atoms with Crippen molar-refractivity contribution in [1.29, 1.82) is 10.5 Å². The first-order valence-electron chi connectivity index (χ1n) is 14.8. The first-order valence-corrected chi connectivity index (χ1v) is 14.8. The molecule has 0 fully saturated rings. The maximum absolute atomic E-state index is 10.2. The molecule has 206 valence electrons. The predicted octanol–water partition coefficient (Wildman–Crippen LogP) is 9.58. The van der Waals surface area contributed by atoms with Crippen molar-refractivity contribution in [2.75, 3.05) is 0 Å². The molecule has 0 N–H and O–H groups in total. The number of furan rings is 1. The Bertz CT molecular complexity index is 2630. The molecule has 0 saturated carbocycles. The molecule has 0 bridgehead atoms. The van der Waals surface area contributed by atoms with Crippen LogP contribution in [0, 0.1) is 28.6 Å². The van der Waals surface area contributed by atoms with Gasteiger partial charge in [-0.25, -0.2) is 0 Å². The molecule has 3 aromatic heterocycles. The highest BCUT2D eigenvalue weighted by molar-refractivity contribution is 6.13. The van der Waals surface area contributed by atoms with Crippen molar-refractivity contribution in [2.24, 2.45) is 5.92 Å². The fraction of sp³-hybridized carbons (Fsp3) is 0.0769. The van der Waals surface area contributed by atoms with Crippen LogP contribution >= 0.6 is 0 Å². The zero-order chi connectivity index (χ0) is 29.5. The highest BCUT2D eigenvalue weighted by Gasteiger charge is 2.23. The summed E-state index contributed by atoms with van der Waals surface area (Å²) in [5, 5.41) is 24.9. The molecule has 0 aliphatic heterocycles. The Morgan fingerprint density at radius 1 is 0.682 bits per heavy atom. The van der Waals surface area contributed by atoms with Crippen molar-refractivity contribution >= 4 is 60.7 Å². The minimum atomic E-state index is 0.497. The number of nitriles is 2. The lowest BCUT2D eigenvalue weighted by atomic mass is 9.93. The van der Waals surface area contributed by atoms with E-state index in [1.165, 1.54) is 22.2 Å². The Balaban J connectivity index is 1.35.